The molecule has 0 fully saturated rings. The van der Waals surface area contributed by atoms with Crippen molar-refractivity contribution >= 4 is 7.60 Å². The average Bonchev–Trinajstić information content (AvgIpc) is 2.02. The first kappa shape index (κ1) is 12.4. The molecule has 0 aliphatic heterocycles. The Morgan fingerprint density at radius 1 is 1.38 bits per heavy atom. The van der Waals surface area contributed by atoms with E-state index in [-0.39, 0.29) is 0 Å². The lowest BCUT2D eigenvalue weighted by molar-refractivity contribution is 0.363. The van der Waals surface area contributed by atoms with Gasteiger partial charge in [-0.05, 0) is 6.42 Å². The summed E-state index contributed by atoms with van der Waals surface area (Å²) in [4.78, 5) is 17.7. The van der Waals surface area contributed by atoms with E-state index in [4.69, 9.17) is 9.79 Å². The van der Waals surface area contributed by atoms with Crippen molar-refractivity contribution in [2.75, 3.05) is 0 Å². The van der Waals surface area contributed by atoms with Crippen LogP contribution in [0.15, 0.2) is 37.0 Å². The maximum atomic E-state index is 10.8. The minimum Gasteiger partial charge on any atom is -0.324 e. The van der Waals surface area contributed by atoms with Crippen molar-refractivity contribution in [2.45, 2.75) is 19.0 Å². The summed E-state index contributed by atoms with van der Waals surface area (Å²) in [5.41, 5.74) is -0.679. The fourth-order valence-corrected chi connectivity index (χ4v) is 1.62. The summed E-state index contributed by atoms with van der Waals surface area (Å²) in [7, 11) is -3.97. The van der Waals surface area contributed by atoms with Gasteiger partial charge in [-0.25, -0.2) is 0 Å². The van der Waals surface area contributed by atoms with Crippen molar-refractivity contribution in [3.63, 3.8) is 0 Å². The van der Waals surface area contributed by atoms with E-state index in [1.54, 1.807) is 31.2 Å². The summed E-state index contributed by atoms with van der Waals surface area (Å²) < 4.78 is 10.8. The molecule has 0 spiro atoms. The average molecular weight is 202 g/mol. The van der Waals surface area contributed by atoms with E-state index in [0.29, 0.717) is 6.42 Å². The molecule has 3 nitrogen and oxygen atoms in total. The van der Waals surface area contributed by atoms with Gasteiger partial charge in [-0.2, -0.15) is 0 Å². The minimum atomic E-state index is -3.97. The topological polar surface area (TPSA) is 57.5 Å². The maximum Gasteiger partial charge on any atom is 0.332 e. The molecule has 0 aromatic heterocycles. The highest BCUT2D eigenvalue weighted by molar-refractivity contribution is 7.52. The zero-order valence-corrected chi connectivity index (χ0v) is 8.52. The van der Waals surface area contributed by atoms with Crippen LogP contribution in [-0.2, 0) is 4.57 Å². The molecule has 0 radical (unpaired) electrons. The van der Waals surface area contributed by atoms with Gasteiger partial charge in [0.25, 0.3) is 0 Å². The summed E-state index contributed by atoms with van der Waals surface area (Å²) in [6, 6.07) is 0. The molecule has 0 aliphatic rings. The van der Waals surface area contributed by atoms with Crippen LogP contribution in [0.25, 0.3) is 0 Å². The lowest BCUT2D eigenvalue weighted by Crippen LogP contribution is -2.02. The predicted molar refractivity (Wildman–Crippen MR) is 54.6 cm³/mol. The van der Waals surface area contributed by atoms with Crippen molar-refractivity contribution in [2.24, 2.45) is 0 Å². The second kappa shape index (κ2) is 5.92. The molecule has 0 saturated carbocycles. The van der Waals surface area contributed by atoms with Crippen LogP contribution in [0.5, 0.6) is 0 Å². The third-order valence-electron chi connectivity index (χ3n) is 1.54. The first-order valence-electron chi connectivity index (χ1n) is 4.03. The Labute approximate surface area is 78.6 Å². The highest BCUT2D eigenvalue weighted by Crippen LogP contribution is 2.43. The second-order valence-electron chi connectivity index (χ2n) is 2.57. The predicted octanol–water partition coefficient (Wildman–Crippen LogP) is 2.24. The fraction of sp³-hybridized carbons (Fsp3) is 0.333. The van der Waals surface area contributed by atoms with Gasteiger partial charge in [0.1, 0.15) is 0 Å². The van der Waals surface area contributed by atoms with Crippen molar-refractivity contribution < 1.29 is 14.4 Å². The highest BCUT2D eigenvalue weighted by Gasteiger charge is 2.23. The van der Waals surface area contributed by atoms with Gasteiger partial charge in [0.15, 0.2) is 0 Å². The van der Waals surface area contributed by atoms with Crippen LogP contribution < -0.4 is 0 Å². The van der Waals surface area contributed by atoms with Gasteiger partial charge in [0.05, 0.1) is 5.66 Å². The molecule has 0 saturated heterocycles. The standard InChI is InChI=1S/C9H15O3P/c1-3-5-6-7-8-9(4-2)13(10,11)12/h3,5-9H,1,4H2,2H3,(H2,10,11,12). The molecule has 0 aromatic rings. The van der Waals surface area contributed by atoms with E-state index in [9.17, 15) is 4.57 Å². The molecule has 13 heavy (non-hydrogen) atoms. The molecular weight excluding hydrogens is 187 g/mol. The molecule has 1 atom stereocenters. The van der Waals surface area contributed by atoms with Crippen LogP contribution in [0.2, 0.25) is 0 Å². The summed E-state index contributed by atoms with van der Waals surface area (Å²) in [5.74, 6) is 0. The van der Waals surface area contributed by atoms with Crippen LogP contribution in [0, 0.1) is 0 Å². The third-order valence-corrected chi connectivity index (χ3v) is 2.94. The van der Waals surface area contributed by atoms with E-state index in [1.165, 1.54) is 6.08 Å². The van der Waals surface area contributed by atoms with Crippen LogP contribution in [0.4, 0.5) is 0 Å². The van der Waals surface area contributed by atoms with Crippen molar-refractivity contribution in [3.8, 4) is 0 Å². The van der Waals surface area contributed by atoms with Crippen LogP contribution in [0.1, 0.15) is 13.3 Å². The number of hydrogen-bond acceptors (Lipinski definition) is 1. The highest BCUT2D eigenvalue weighted by atomic mass is 31.2. The van der Waals surface area contributed by atoms with Gasteiger partial charge in [-0.15, -0.1) is 0 Å². The number of hydrogen-bond donors (Lipinski definition) is 2. The number of allylic oxidation sites excluding steroid dienone is 5. The molecule has 0 heterocycles. The normalized spacial score (nSPS) is 15.3. The summed E-state index contributed by atoms with van der Waals surface area (Å²) in [6.45, 7) is 5.21. The molecule has 2 N–H and O–H groups in total. The quantitative estimate of drug-likeness (QED) is 0.531. The monoisotopic (exact) mass is 202 g/mol. The largest absolute Gasteiger partial charge is 0.332 e. The van der Waals surface area contributed by atoms with E-state index in [2.05, 4.69) is 6.58 Å². The third kappa shape index (κ3) is 5.58. The van der Waals surface area contributed by atoms with Gasteiger partial charge >= 0.3 is 7.60 Å². The Hall–Kier alpha value is -0.630. The molecule has 0 amide bonds. The Bertz CT molecular complexity index is 250. The Morgan fingerprint density at radius 2 is 2.00 bits per heavy atom. The summed E-state index contributed by atoms with van der Waals surface area (Å²) in [6.07, 6.45) is 8.55. The first-order valence-corrected chi connectivity index (χ1v) is 5.71. The summed E-state index contributed by atoms with van der Waals surface area (Å²) in [5, 5.41) is 0. The molecule has 74 valence electrons. The first-order chi connectivity index (χ1) is 6.02. The van der Waals surface area contributed by atoms with Gasteiger partial charge in [0, 0.05) is 0 Å². The van der Waals surface area contributed by atoms with Crippen molar-refractivity contribution in [1.82, 2.24) is 0 Å². The van der Waals surface area contributed by atoms with Gasteiger partial charge in [-0.1, -0.05) is 43.9 Å². The Balaban J connectivity index is 4.29. The van der Waals surface area contributed by atoms with E-state index >= 15 is 0 Å². The van der Waals surface area contributed by atoms with E-state index < -0.39 is 13.3 Å². The van der Waals surface area contributed by atoms with Gasteiger partial charge < -0.3 is 9.79 Å². The molecule has 1 unspecified atom stereocenters. The Kier molecular flexibility index (Phi) is 5.63. The van der Waals surface area contributed by atoms with Crippen LogP contribution in [-0.4, -0.2) is 15.4 Å². The van der Waals surface area contributed by atoms with Gasteiger partial charge in [0.2, 0.25) is 0 Å². The van der Waals surface area contributed by atoms with Crippen LogP contribution in [0.3, 0.4) is 0 Å². The lowest BCUT2D eigenvalue weighted by atomic mass is 10.3. The van der Waals surface area contributed by atoms with Crippen molar-refractivity contribution in [3.05, 3.63) is 37.0 Å². The van der Waals surface area contributed by atoms with Crippen LogP contribution >= 0.6 is 7.60 Å². The molecule has 0 rings (SSSR count). The van der Waals surface area contributed by atoms with Crippen molar-refractivity contribution in [1.29, 1.82) is 0 Å². The molecule has 0 aliphatic carbocycles. The van der Waals surface area contributed by atoms with Gasteiger partial charge in [-0.3, -0.25) is 4.57 Å². The molecular formula is C9H15O3P. The number of rotatable bonds is 5. The second-order valence-corrected chi connectivity index (χ2v) is 4.41. The summed E-state index contributed by atoms with van der Waals surface area (Å²) >= 11 is 0. The molecule has 0 aromatic carbocycles. The van der Waals surface area contributed by atoms with E-state index in [0.717, 1.165) is 0 Å². The zero-order valence-electron chi connectivity index (χ0n) is 7.63. The Morgan fingerprint density at radius 3 is 2.38 bits per heavy atom. The maximum absolute atomic E-state index is 10.8. The smallest absolute Gasteiger partial charge is 0.324 e. The molecule has 4 heteroatoms. The molecule has 0 bridgehead atoms. The zero-order chi connectivity index (χ0) is 10.3. The SMILES string of the molecule is C=CC=CC=CC(CC)P(=O)(O)O. The lowest BCUT2D eigenvalue weighted by Gasteiger charge is -2.10. The van der Waals surface area contributed by atoms with E-state index in [1.807, 2.05) is 0 Å². The fourth-order valence-electron chi connectivity index (χ4n) is 0.821. The minimum absolute atomic E-state index is 0.433.